The number of pyridine rings is 1. The monoisotopic (exact) mass is 301 g/mol. The predicted octanol–water partition coefficient (Wildman–Crippen LogP) is 2.90. The molecule has 0 saturated carbocycles. The Morgan fingerprint density at radius 2 is 2.31 bits per heavy atom. The van der Waals surface area contributed by atoms with E-state index in [1.54, 1.807) is 0 Å². The van der Waals surface area contributed by atoms with Gasteiger partial charge in [0.2, 0.25) is 0 Å². The summed E-state index contributed by atoms with van der Waals surface area (Å²) in [6.45, 7) is 2.12. The minimum absolute atomic E-state index is 0.386. The van der Waals surface area contributed by atoms with E-state index in [9.17, 15) is 0 Å². The highest BCUT2D eigenvalue weighted by molar-refractivity contribution is 9.10. The van der Waals surface area contributed by atoms with Crippen LogP contribution in [-0.4, -0.2) is 22.5 Å². The van der Waals surface area contributed by atoms with Crippen LogP contribution >= 0.6 is 27.5 Å². The van der Waals surface area contributed by atoms with Crippen LogP contribution in [0.1, 0.15) is 12.7 Å². The van der Waals surface area contributed by atoms with Crippen LogP contribution < -0.4 is 5.32 Å². The van der Waals surface area contributed by atoms with Crippen LogP contribution in [0.4, 0.5) is 0 Å². The van der Waals surface area contributed by atoms with Gasteiger partial charge in [0.1, 0.15) is 10.4 Å². The number of hydrogen-bond donors (Lipinski definition) is 1. The number of rotatable bonds is 3. The summed E-state index contributed by atoms with van der Waals surface area (Å²) in [5.41, 5.74) is 1.04. The van der Waals surface area contributed by atoms with E-state index in [0.717, 1.165) is 27.4 Å². The molecule has 3 nitrogen and oxygen atoms in total. The standard InChI is InChI=1S/C11H13BrClN3/c1-7(14-2)5-10-15-11(12)9-4-3-8(13)6-16(9)10/h3-4,6-7,14H,5H2,1-2H3. The molecule has 1 atom stereocenters. The van der Waals surface area contributed by atoms with Crippen molar-refractivity contribution < 1.29 is 0 Å². The topological polar surface area (TPSA) is 29.3 Å². The first-order valence-electron chi connectivity index (χ1n) is 5.11. The van der Waals surface area contributed by atoms with E-state index in [1.807, 2.05) is 29.8 Å². The summed E-state index contributed by atoms with van der Waals surface area (Å²) in [5, 5.41) is 3.92. The second-order valence-electron chi connectivity index (χ2n) is 3.82. The normalized spacial score (nSPS) is 13.2. The predicted molar refractivity (Wildman–Crippen MR) is 70.1 cm³/mol. The summed E-state index contributed by atoms with van der Waals surface area (Å²) in [6.07, 6.45) is 2.76. The maximum absolute atomic E-state index is 5.99. The SMILES string of the molecule is CNC(C)Cc1nc(Br)c2ccc(Cl)cn12. The van der Waals surface area contributed by atoms with Crippen LogP contribution in [0.15, 0.2) is 22.9 Å². The number of nitrogens with one attached hydrogen (secondary N) is 1. The lowest BCUT2D eigenvalue weighted by Crippen LogP contribution is -2.24. The van der Waals surface area contributed by atoms with Crippen LogP contribution in [-0.2, 0) is 6.42 Å². The third-order valence-corrected chi connectivity index (χ3v) is 3.42. The molecule has 0 fully saturated rings. The number of halogens is 2. The Morgan fingerprint density at radius 1 is 1.56 bits per heavy atom. The molecular formula is C11H13BrClN3. The lowest BCUT2D eigenvalue weighted by molar-refractivity contribution is 0.589. The van der Waals surface area contributed by atoms with Crippen molar-refractivity contribution in [2.24, 2.45) is 0 Å². The van der Waals surface area contributed by atoms with Crippen molar-refractivity contribution in [3.63, 3.8) is 0 Å². The molecule has 1 unspecified atom stereocenters. The molecular weight excluding hydrogens is 289 g/mol. The molecule has 0 bridgehead atoms. The van der Waals surface area contributed by atoms with Crippen molar-refractivity contribution in [1.29, 1.82) is 0 Å². The molecule has 16 heavy (non-hydrogen) atoms. The Labute approximate surface area is 108 Å². The third-order valence-electron chi connectivity index (χ3n) is 2.61. The van der Waals surface area contributed by atoms with Crippen molar-refractivity contribution >= 4 is 33.0 Å². The zero-order valence-electron chi connectivity index (χ0n) is 9.17. The highest BCUT2D eigenvalue weighted by Gasteiger charge is 2.11. The van der Waals surface area contributed by atoms with Gasteiger partial charge in [-0.15, -0.1) is 0 Å². The number of aromatic nitrogens is 2. The molecule has 2 aromatic heterocycles. The number of imidazole rings is 1. The number of hydrogen-bond acceptors (Lipinski definition) is 2. The van der Waals surface area contributed by atoms with Gasteiger partial charge < -0.3 is 9.72 Å². The zero-order chi connectivity index (χ0) is 11.7. The van der Waals surface area contributed by atoms with Gasteiger partial charge in [0.05, 0.1) is 10.5 Å². The Hall–Kier alpha value is -0.580. The highest BCUT2D eigenvalue weighted by atomic mass is 79.9. The summed E-state index contributed by atoms with van der Waals surface area (Å²) in [7, 11) is 1.95. The van der Waals surface area contributed by atoms with Crippen LogP contribution in [0.5, 0.6) is 0 Å². The van der Waals surface area contributed by atoms with Crippen LogP contribution in [0.3, 0.4) is 0 Å². The van der Waals surface area contributed by atoms with E-state index in [4.69, 9.17) is 11.6 Å². The van der Waals surface area contributed by atoms with E-state index in [2.05, 4.69) is 33.2 Å². The molecule has 2 heterocycles. The first kappa shape index (κ1) is 11.9. The van der Waals surface area contributed by atoms with Gasteiger partial charge in [0.15, 0.2) is 0 Å². The second-order valence-corrected chi connectivity index (χ2v) is 5.00. The van der Waals surface area contributed by atoms with E-state index >= 15 is 0 Å². The van der Waals surface area contributed by atoms with Crippen molar-refractivity contribution in [3.8, 4) is 0 Å². The Morgan fingerprint density at radius 3 is 3.00 bits per heavy atom. The van der Waals surface area contributed by atoms with Crippen molar-refractivity contribution in [2.75, 3.05) is 7.05 Å². The van der Waals surface area contributed by atoms with Gasteiger partial charge in [-0.1, -0.05) is 11.6 Å². The van der Waals surface area contributed by atoms with E-state index < -0.39 is 0 Å². The minimum Gasteiger partial charge on any atom is -0.317 e. The highest BCUT2D eigenvalue weighted by Crippen LogP contribution is 2.22. The van der Waals surface area contributed by atoms with Gasteiger partial charge in [0, 0.05) is 18.7 Å². The molecule has 0 amide bonds. The smallest absolute Gasteiger partial charge is 0.132 e. The summed E-state index contributed by atoms with van der Waals surface area (Å²) >= 11 is 9.45. The van der Waals surface area contributed by atoms with Crippen LogP contribution in [0.25, 0.3) is 5.52 Å². The van der Waals surface area contributed by atoms with E-state index in [1.165, 1.54) is 0 Å². The van der Waals surface area contributed by atoms with Crippen LogP contribution in [0, 0.1) is 0 Å². The maximum Gasteiger partial charge on any atom is 0.132 e. The first-order valence-corrected chi connectivity index (χ1v) is 6.28. The van der Waals surface area contributed by atoms with E-state index in [-0.39, 0.29) is 0 Å². The van der Waals surface area contributed by atoms with E-state index in [0.29, 0.717) is 6.04 Å². The first-order chi connectivity index (χ1) is 7.61. The molecule has 86 valence electrons. The van der Waals surface area contributed by atoms with Gasteiger partial charge in [0.25, 0.3) is 0 Å². The Bertz CT molecular complexity index is 509. The van der Waals surface area contributed by atoms with Crippen molar-refractivity contribution in [3.05, 3.63) is 33.8 Å². The molecule has 1 N–H and O–H groups in total. The average Bonchev–Trinajstić information content (AvgIpc) is 2.55. The fourth-order valence-corrected chi connectivity index (χ4v) is 2.29. The average molecular weight is 303 g/mol. The third kappa shape index (κ3) is 2.24. The van der Waals surface area contributed by atoms with Crippen molar-refractivity contribution in [2.45, 2.75) is 19.4 Å². The fraction of sp³-hybridized carbons (Fsp3) is 0.364. The maximum atomic E-state index is 5.99. The molecule has 5 heteroatoms. The molecule has 0 aromatic carbocycles. The zero-order valence-corrected chi connectivity index (χ0v) is 11.5. The molecule has 0 spiro atoms. The largest absolute Gasteiger partial charge is 0.317 e. The molecule has 2 aromatic rings. The van der Waals surface area contributed by atoms with Gasteiger partial charge in [-0.3, -0.25) is 0 Å². The van der Waals surface area contributed by atoms with Crippen molar-refractivity contribution in [1.82, 2.24) is 14.7 Å². The molecule has 0 aliphatic carbocycles. The van der Waals surface area contributed by atoms with Gasteiger partial charge >= 0.3 is 0 Å². The second kappa shape index (κ2) is 4.73. The van der Waals surface area contributed by atoms with Gasteiger partial charge in [-0.05, 0) is 42.0 Å². The quantitative estimate of drug-likeness (QED) is 0.944. The number of fused-ring (bicyclic) bond motifs is 1. The lowest BCUT2D eigenvalue weighted by atomic mass is 10.2. The number of nitrogens with zero attached hydrogens (tertiary/aromatic N) is 2. The van der Waals surface area contributed by atoms with Crippen LogP contribution in [0.2, 0.25) is 5.02 Å². The summed E-state index contributed by atoms with van der Waals surface area (Å²) in [6, 6.07) is 4.22. The molecule has 0 saturated heterocycles. The lowest BCUT2D eigenvalue weighted by Gasteiger charge is -2.08. The molecule has 0 radical (unpaired) electrons. The molecule has 0 aliphatic heterocycles. The summed E-state index contributed by atoms with van der Waals surface area (Å²) < 4.78 is 2.89. The minimum atomic E-state index is 0.386. The van der Waals surface area contributed by atoms with Gasteiger partial charge in [-0.2, -0.15) is 0 Å². The van der Waals surface area contributed by atoms with Gasteiger partial charge in [-0.25, -0.2) is 4.98 Å². The molecule has 2 rings (SSSR count). The fourth-order valence-electron chi connectivity index (χ4n) is 1.60. The molecule has 0 aliphatic rings. The summed E-state index contributed by atoms with van der Waals surface area (Å²) in [5.74, 6) is 1.01. The Kier molecular flexibility index (Phi) is 3.52. The Balaban J connectivity index is 2.48. The number of likely N-dealkylation sites (N-methyl/N-ethyl adjacent to an activating group) is 1. The summed E-state index contributed by atoms with van der Waals surface area (Å²) in [4.78, 5) is 4.50.